The van der Waals surface area contributed by atoms with E-state index < -0.39 is 0 Å². The van der Waals surface area contributed by atoms with Crippen molar-refractivity contribution in [2.24, 2.45) is 0 Å². The van der Waals surface area contributed by atoms with Crippen molar-refractivity contribution in [3.63, 3.8) is 0 Å². The van der Waals surface area contributed by atoms with E-state index in [2.05, 4.69) is 11.9 Å². The number of anilines is 1. The second kappa shape index (κ2) is 6.37. The molecule has 0 saturated heterocycles. The van der Waals surface area contributed by atoms with Gasteiger partial charge >= 0.3 is 0 Å². The predicted octanol–water partition coefficient (Wildman–Crippen LogP) is 5.18. The monoisotopic (exact) mass is 297 g/mol. The molecular weight excluding hydrogens is 285 g/mol. The van der Waals surface area contributed by atoms with Crippen LogP contribution >= 0.6 is 35.0 Å². The molecule has 0 spiro atoms. The van der Waals surface area contributed by atoms with Gasteiger partial charge in [0.2, 0.25) is 0 Å². The maximum atomic E-state index is 5.87. The highest BCUT2D eigenvalue weighted by Crippen LogP contribution is 2.24. The van der Waals surface area contributed by atoms with Gasteiger partial charge in [0.1, 0.15) is 0 Å². The van der Waals surface area contributed by atoms with Crippen LogP contribution in [0, 0.1) is 0 Å². The fraction of sp³-hybridized carbons (Fsp3) is 0.143. The van der Waals surface area contributed by atoms with E-state index in [-0.39, 0.29) is 0 Å². The third kappa shape index (κ3) is 3.84. The summed E-state index contributed by atoms with van der Waals surface area (Å²) >= 11 is 13.5. The molecule has 0 aliphatic carbocycles. The minimum atomic E-state index is 0.762. The van der Waals surface area contributed by atoms with Gasteiger partial charge in [-0.3, -0.25) is 0 Å². The quantitative estimate of drug-likeness (QED) is 0.565. The highest BCUT2D eigenvalue weighted by atomic mass is 35.5. The van der Waals surface area contributed by atoms with E-state index in [0.717, 1.165) is 21.6 Å². The molecule has 0 aliphatic rings. The first-order chi connectivity index (χ1) is 8.65. The number of hydrogen-bond acceptors (Lipinski definition) is 2. The number of rotatable bonds is 4. The van der Waals surface area contributed by atoms with E-state index in [9.17, 15) is 0 Å². The Balaban J connectivity index is 1.93. The summed E-state index contributed by atoms with van der Waals surface area (Å²) in [4.78, 5) is 3.38. The highest BCUT2D eigenvalue weighted by molar-refractivity contribution is 7.99. The van der Waals surface area contributed by atoms with E-state index >= 15 is 0 Å². The van der Waals surface area contributed by atoms with Crippen LogP contribution in [0.1, 0.15) is 0 Å². The van der Waals surface area contributed by atoms with Gasteiger partial charge in [-0.1, -0.05) is 23.2 Å². The maximum absolute atomic E-state index is 5.87. The molecule has 2 rings (SSSR count). The Hall–Kier alpha value is -0.830. The van der Waals surface area contributed by atoms with Gasteiger partial charge in [0.05, 0.1) is 5.88 Å². The first kappa shape index (κ1) is 13.6. The van der Waals surface area contributed by atoms with E-state index in [4.69, 9.17) is 23.2 Å². The van der Waals surface area contributed by atoms with Crippen molar-refractivity contribution in [3.05, 3.63) is 58.6 Å². The number of hydrogen-bond donors (Lipinski definition) is 0. The molecule has 0 bridgehead atoms. The van der Waals surface area contributed by atoms with Crippen LogP contribution in [0.5, 0.6) is 0 Å². The van der Waals surface area contributed by atoms with Crippen molar-refractivity contribution in [3.8, 4) is 0 Å². The molecule has 0 unspecified atom stereocenters. The van der Waals surface area contributed by atoms with Crippen LogP contribution in [0.4, 0.5) is 5.69 Å². The Morgan fingerprint density at radius 1 is 0.889 bits per heavy atom. The summed E-state index contributed by atoms with van der Waals surface area (Å²) in [5.74, 6) is 0.878. The standard InChI is InChI=1S/C14H13Cl2NS/c1-17(13-6-2-11(15)3-7-13)10-18-14-8-4-12(16)5-9-14/h2-9H,10H2,1H3. The summed E-state index contributed by atoms with van der Waals surface area (Å²) in [6.07, 6.45) is 0. The summed E-state index contributed by atoms with van der Waals surface area (Å²) in [5, 5.41) is 1.53. The maximum Gasteiger partial charge on any atom is 0.0682 e. The Labute approximate surface area is 122 Å². The Kier molecular flexibility index (Phi) is 4.81. The number of thioether (sulfide) groups is 1. The first-order valence-electron chi connectivity index (χ1n) is 5.50. The molecule has 0 radical (unpaired) electrons. The molecule has 0 N–H and O–H groups in total. The molecular formula is C14H13Cl2NS. The minimum absolute atomic E-state index is 0.762. The predicted molar refractivity (Wildman–Crippen MR) is 82.0 cm³/mol. The highest BCUT2D eigenvalue weighted by Gasteiger charge is 2.01. The topological polar surface area (TPSA) is 3.24 Å². The zero-order valence-corrected chi connectivity index (χ0v) is 12.3. The first-order valence-corrected chi connectivity index (χ1v) is 7.24. The van der Waals surface area contributed by atoms with Crippen LogP contribution in [0.3, 0.4) is 0 Å². The average molecular weight is 298 g/mol. The Morgan fingerprint density at radius 3 is 1.94 bits per heavy atom. The molecule has 94 valence electrons. The summed E-state index contributed by atoms with van der Waals surface area (Å²) < 4.78 is 0. The van der Waals surface area contributed by atoms with E-state index in [1.165, 1.54) is 4.90 Å². The van der Waals surface area contributed by atoms with Crippen LogP contribution in [0.15, 0.2) is 53.4 Å². The lowest BCUT2D eigenvalue weighted by Gasteiger charge is -2.18. The van der Waals surface area contributed by atoms with Gasteiger partial charge in [0.15, 0.2) is 0 Å². The fourth-order valence-corrected chi connectivity index (χ4v) is 2.54. The molecule has 0 fully saturated rings. The lowest BCUT2D eigenvalue weighted by molar-refractivity contribution is 1.09. The molecule has 2 aromatic carbocycles. The lowest BCUT2D eigenvalue weighted by Crippen LogP contribution is -2.15. The van der Waals surface area contributed by atoms with Gasteiger partial charge in [0, 0.05) is 27.7 Å². The number of benzene rings is 2. The second-order valence-electron chi connectivity index (χ2n) is 3.90. The van der Waals surface area contributed by atoms with Crippen LogP contribution in [-0.4, -0.2) is 12.9 Å². The Morgan fingerprint density at radius 2 is 1.39 bits per heavy atom. The van der Waals surface area contributed by atoms with Crippen molar-refractivity contribution < 1.29 is 0 Å². The molecule has 1 nitrogen and oxygen atoms in total. The van der Waals surface area contributed by atoms with E-state index in [1.54, 1.807) is 11.8 Å². The van der Waals surface area contributed by atoms with Crippen LogP contribution in [0.2, 0.25) is 10.0 Å². The van der Waals surface area contributed by atoms with Crippen molar-refractivity contribution in [1.29, 1.82) is 0 Å². The summed E-state index contributed by atoms with van der Waals surface area (Å²) in [5.41, 5.74) is 1.15. The van der Waals surface area contributed by atoms with Crippen molar-refractivity contribution >= 4 is 40.7 Å². The zero-order chi connectivity index (χ0) is 13.0. The molecule has 4 heteroatoms. The third-order valence-electron chi connectivity index (χ3n) is 2.51. The average Bonchev–Trinajstić information content (AvgIpc) is 2.38. The zero-order valence-electron chi connectivity index (χ0n) is 9.94. The van der Waals surface area contributed by atoms with Crippen molar-refractivity contribution in [2.75, 3.05) is 17.8 Å². The van der Waals surface area contributed by atoms with Crippen LogP contribution in [0.25, 0.3) is 0 Å². The van der Waals surface area contributed by atoms with Gasteiger partial charge in [0.25, 0.3) is 0 Å². The molecule has 18 heavy (non-hydrogen) atoms. The van der Waals surface area contributed by atoms with Gasteiger partial charge in [-0.05, 0) is 48.5 Å². The molecule has 0 aliphatic heterocycles. The van der Waals surface area contributed by atoms with Crippen molar-refractivity contribution in [2.45, 2.75) is 4.90 Å². The van der Waals surface area contributed by atoms with Gasteiger partial charge in [-0.25, -0.2) is 0 Å². The number of halogens is 2. The largest absolute Gasteiger partial charge is 0.365 e. The lowest BCUT2D eigenvalue weighted by atomic mass is 10.3. The number of nitrogens with zero attached hydrogens (tertiary/aromatic N) is 1. The molecule has 0 atom stereocenters. The molecule has 0 amide bonds. The SMILES string of the molecule is CN(CSc1ccc(Cl)cc1)c1ccc(Cl)cc1. The summed E-state index contributed by atoms with van der Waals surface area (Å²) in [7, 11) is 2.06. The van der Waals surface area contributed by atoms with Crippen LogP contribution < -0.4 is 4.90 Å². The second-order valence-corrected chi connectivity index (χ2v) is 5.79. The molecule has 2 aromatic rings. The normalized spacial score (nSPS) is 10.4. The third-order valence-corrected chi connectivity index (χ3v) is 4.13. The van der Waals surface area contributed by atoms with E-state index in [1.807, 2.05) is 48.5 Å². The Bertz CT molecular complexity index is 496. The van der Waals surface area contributed by atoms with Gasteiger partial charge in [-0.15, -0.1) is 11.8 Å². The molecule has 0 aromatic heterocycles. The molecule has 0 heterocycles. The van der Waals surface area contributed by atoms with E-state index in [0.29, 0.717) is 0 Å². The minimum Gasteiger partial charge on any atom is -0.365 e. The molecule has 0 saturated carbocycles. The van der Waals surface area contributed by atoms with Gasteiger partial charge < -0.3 is 4.90 Å². The van der Waals surface area contributed by atoms with Gasteiger partial charge in [-0.2, -0.15) is 0 Å². The summed E-state index contributed by atoms with van der Waals surface area (Å²) in [6, 6.07) is 15.7. The smallest absolute Gasteiger partial charge is 0.0682 e. The van der Waals surface area contributed by atoms with Crippen LogP contribution in [-0.2, 0) is 0 Å². The fourth-order valence-electron chi connectivity index (χ4n) is 1.47. The summed E-state index contributed by atoms with van der Waals surface area (Å²) in [6.45, 7) is 0. The van der Waals surface area contributed by atoms with Crippen molar-refractivity contribution in [1.82, 2.24) is 0 Å².